The first-order chi connectivity index (χ1) is 11.3. The van der Waals surface area contributed by atoms with Crippen LogP contribution in [0, 0.1) is 0 Å². The Labute approximate surface area is 142 Å². The summed E-state index contributed by atoms with van der Waals surface area (Å²) in [4.78, 5) is 18.7. The molecule has 1 amide bonds. The number of amides is 1. The molecule has 0 saturated carbocycles. The van der Waals surface area contributed by atoms with E-state index in [-0.39, 0.29) is 5.91 Å². The maximum Gasteiger partial charge on any atom is 0.228 e. The number of nitrogens with zero attached hydrogens (tertiary/aromatic N) is 2. The molecule has 0 fully saturated rings. The maximum atomic E-state index is 12.0. The number of rotatable bonds is 4. The van der Waals surface area contributed by atoms with Gasteiger partial charge in [0.1, 0.15) is 0 Å². The minimum Gasteiger partial charge on any atom is -0.326 e. The van der Waals surface area contributed by atoms with Crippen LogP contribution < -0.4 is 5.32 Å². The molecule has 116 valence electrons. The lowest BCUT2D eigenvalue weighted by Gasteiger charge is -2.16. The zero-order chi connectivity index (χ0) is 15.6. The summed E-state index contributed by atoms with van der Waals surface area (Å²) in [6.45, 7) is 1.82. The van der Waals surface area contributed by atoms with Crippen molar-refractivity contribution in [1.82, 2.24) is 4.90 Å². The van der Waals surface area contributed by atoms with Crippen molar-refractivity contribution in [3.63, 3.8) is 0 Å². The second kappa shape index (κ2) is 6.22. The number of carbonyl (C=O) groups excluding carboxylic acids is 1. The van der Waals surface area contributed by atoms with Crippen LogP contribution in [0.1, 0.15) is 11.1 Å². The second-order valence-corrected chi connectivity index (χ2v) is 6.99. The van der Waals surface area contributed by atoms with Crippen LogP contribution in [0.5, 0.6) is 0 Å². The normalized spacial score (nSPS) is 16.1. The maximum absolute atomic E-state index is 12.0. The number of aliphatic imine (C=N–C) groups is 1. The van der Waals surface area contributed by atoms with Crippen molar-refractivity contribution in [1.29, 1.82) is 0 Å². The molecular formula is C17H15N3OS2. The van der Waals surface area contributed by atoms with E-state index >= 15 is 0 Å². The standard InChI is InChI=1S/C17H15N3OS2/c21-16(9-12-5-8-22-10-12)19-14-3-1-13(2-4-14)15-11-23-17-18-6-7-20(15)17/h1-5,8,10-11H,6-7,9H2,(H,19,21). The third kappa shape index (κ3) is 3.04. The number of fused-ring (bicyclic) bond motifs is 1. The lowest BCUT2D eigenvalue weighted by Crippen LogP contribution is -2.19. The fraction of sp³-hybridized carbons (Fsp3) is 0.176. The average Bonchev–Trinajstić information content (AvgIpc) is 3.25. The molecule has 6 heteroatoms. The van der Waals surface area contributed by atoms with Gasteiger partial charge in [0.2, 0.25) is 5.91 Å². The predicted octanol–water partition coefficient (Wildman–Crippen LogP) is 3.65. The van der Waals surface area contributed by atoms with Crippen molar-refractivity contribution in [2.24, 2.45) is 4.99 Å². The second-order valence-electron chi connectivity index (χ2n) is 5.37. The summed E-state index contributed by atoms with van der Waals surface area (Å²) in [5.41, 5.74) is 4.23. The topological polar surface area (TPSA) is 44.7 Å². The summed E-state index contributed by atoms with van der Waals surface area (Å²) in [5, 5.41) is 10.2. The molecule has 2 aliphatic rings. The van der Waals surface area contributed by atoms with Crippen LogP contribution in [-0.4, -0.2) is 29.1 Å². The third-order valence-corrected chi connectivity index (χ3v) is 5.41. The minimum absolute atomic E-state index is 0.0146. The van der Waals surface area contributed by atoms with Gasteiger partial charge in [0.05, 0.1) is 18.7 Å². The number of nitrogens with one attached hydrogen (secondary N) is 1. The number of amidine groups is 1. The summed E-state index contributed by atoms with van der Waals surface area (Å²) in [6.07, 6.45) is 0.417. The van der Waals surface area contributed by atoms with Crippen LogP contribution in [0.15, 0.2) is 51.5 Å². The molecule has 0 bridgehead atoms. The van der Waals surface area contributed by atoms with Crippen LogP contribution in [-0.2, 0) is 11.2 Å². The van der Waals surface area contributed by atoms with Crippen LogP contribution in [0.4, 0.5) is 5.69 Å². The van der Waals surface area contributed by atoms with E-state index in [0.717, 1.165) is 35.1 Å². The van der Waals surface area contributed by atoms with Crippen molar-refractivity contribution in [3.8, 4) is 0 Å². The predicted molar refractivity (Wildman–Crippen MR) is 97.7 cm³/mol. The molecule has 3 heterocycles. The van der Waals surface area contributed by atoms with Gasteiger partial charge in [0, 0.05) is 17.6 Å². The lowest BCUT2D eigenvalue weighted by molar-refractivity contribution is -0.115. The molecule has 0 radical (unpaired) electrons. The first-order valence-electron chi connectivity index (χ1n) is 7.40. The van der Waals surface area contributed by atoms with Gasteiger partial charge in [0.15, 0.2) is 5.17 Å². The number of hydrogen-bond acceptors (Lipinski definition) is 5. The first kappa shape index (κ1) is 14.5. The molecule has 4 rings (SSSR count). The van der Waals surface area contributed by atoms with Gasteiger partial charge >= 0.3 is 0 Å². The van der Waals surface area contributed by atoms with Gasteiger partial charge in [-0.25, -0.2) is 0 Å². The minimum atomic E-state index is 0.0146. The monoisotopic (exact) mass is 341 g/mol. The van der Waals surface area contributed by atoms with Crippen molar-refractivity contribution < 1.29 is 4.79 Å². The molecule has 2 aromatic rings. The van der Waals surface area contributed by atoms with Crippen molar-refractivity contribution >= 4 is 45.6 Å². The third-order valence-electron chi connectivity index (χ3n) is 3.78. The van der Waals surface area contributed by atoms with E-state index in [1.54, 1.807) is 23.1 Å². The van der Waals surface area contributed by atoms with Gasteiger partial charge in [-0.3, -0.25) is 9.79 Å². The Hall–Kier alpha value is -2.05. The molecule has 0 spiro atoms. The number of thiophene rings is 1. The molecular weight excluding hydrogens is 326 g/mol. The number of hydrogen-bond donors (Lipinski definition) is 1. The van der Waals surface area contributed by atoms with Crippen molar-refractivity contribution in [2.45, 2.75) is 6.42 Å². The molecule has 0 unspecified atom stereocenters. The highest BCUT2D eigenvalue weighted by molar-refractivity contribution is 8.16. The molecule has 4 nitrogen and oxygen atoms in total. The highest BCUT2D eigenvalue weighted by atomic mass is 32.2. The van der Waals surface area contributed by atoms with Gasteiger partial charge in [-0.15, -0.1) is 0 Å². The average molecular weight is 341 g/mol. The highest BCUT2D eigenvalue weighted by Crippen LogP contribution is 2.35. The Kier molecular flexibility index (Phi) is 3.93. The van der Waals surface area contributed by atoms with Crippen molar-refractivity contribution in [2.75, 3.05) is 18.4 Å². The molecule has 23 heavy (non-hydrogen) atoms. The van der Waals surface area contributed by atoms with E-state index in [0.29, 0.717) is 6.42 Å². The van der Waals surface area contributed by atoms with E-state index in [4.69, 9.17) is 0 Å². The Balaban J connectivity index is 1.42. The van der Waals surface area contributed by atoms with E-state index in [1.807, 2.05) is 41.1 Å². The number of thioether (sulfide) groups is 1. The van der Waals surface area contributed by atoms with Crippen LogP contribution in [0.3, 0.4) is 0 Å². The molecule has 0 aliphatic carbocycles. The quantitative estimate of drug-likeness (QED) is 0.923. The lowest BCUT2D eigenvalue weighted by atomic mass is 10.1. The summed E-state index contributed by atoms with van der Waals surface area (Å²) in [7, 11) is 0. The summed E-state index contributed by atoms with van der Waals surface area (Å²) >= 11 is 3.29. The van der Waals surface area contributed by atoms with Gasteiger partial charge in [-0.2, -0.15) is 11.3 Å². The van der Waals surface area contributed by atoms with E-state index in [9.17, 15) is 4.79 Å². The summed E-state index contributed by atoms with van der Waals surface area (Å²) in [5.74, 6) is 0.0146. The van der Waals surface area contributed by atoms with Gasteiger partial charge in [-0.05, 0) is 40.1 Å². The summed E-state index contributed by atoms with van der Waals surface area (Å²) in [6, 6.07) is 9.99. The Morgan fingerprint density at radius 1 is 1.26 bits per heavy atom. The molecule has 2 aliphatic heterocycles. The molecule has 0 atom stereocenters. The van der Waals surface area contributed by atoms with E-state index in [1.165, 1.54) is 5.70 Å². The Bertz CT molecular complexity index is 779. The Morgan fingerprint density at radius 2 is 2.13 bits per heavy atom. The zero-order valence-electron chi connectivity index (χ0n) is 12.4. The number of benzene rings is 1. The summed E-state index contributed by atoms with van der Waals surface area (Å²) < 4.78 is 0. The number of anilines is 1. The SMILES string of the molecule is O=C(Cc1ccsc1)Nc1ccc(C2=CSC3=NCCN23)cc1. The first-order valence-corrected chi connectivity index (χ1v) is 9.22. The van der Waals surface area contributed by atoms with Crippen LogP contribution >= 0.6 is 23.1 Å². The van der Waals surface area contributed by atoms with Gasteiger partial charge in [-0.1, -0.05) is 23.9 Å². The van der Waals surface area contributed by atoms with Gasteiger partial charge in [0.25, 0.3) is 0 Å². The van der Waals surface area contributed by atoms with E-state index in [2.05, 4.69) is 20.6 Å². The fourth-order valence-corrected chi connectivity index (χ4v) is 4.29. The molecule has 1 N–H and O–H groups in total. The molecule has 1 aromatic heterocycles. The molecule has 1 aromatic carbocycles. The zero-order valence-corrected chi connectivity index (χ0v) is 14.0. The van der Waals surface area contributed by atoms with Crippen LogP contribution in [0.2, 0.25) is 0 Å². The Morgan fingerprint density at radius 3 is 2.91 bits per heavy atom. The highest BCUT2D eigenvalue weighted by Gasteiger charge is 2.26. The number of carbonyl (C=O) groups is 1. The van der Waals surface area contributed by atoms with Crippen LogP contribution in [0.25, 0.3) is 5.70 Å². The van der Waals surface area contributed by atoms with Gasteiger partial charge < -0.3 is 10.2 Å². The smallest absolute Gasteiger partial charge is 0.228 e. The van der Waals surface area contributed by atoms with E-state index < -0.39 is 0 Å². The molecule has 0 saturated heterocycles. The largest absolute Gasteiger partial charge is 0.326 e. The fourth-order valence-electron chi connectivity index (χ4n) is 2.66. The van der Waals surface area contributed by atoms with Crippen molar-refractivity contribution in [3.05, 3.63) is 57.6 Å².